The molecule has 5 heteroatoms. The van der Waals surface area contributed by atoms with Gasteiger partial charge in [-0.2, -0.15) is 0 Å². The molecule has 0 unspecified atom stereocenters. The second-order valence-electron chi connectivity index (χ2n) is 0. The van der Waals surface area contributed by atoms with Crippen LogP contribution < -0.4 is 0 Å². The van der Waals surface area contributed by atoms with Crippen LogP contribution in [0.3, 0.4) is 0 Å². The van der Waals surface area contributed by atoms with E-state index in [1.54, 1.807) is 0 Å². The number of hydrogen-bond acceptors (Lipinski definition) is 0. The Morgan fingerprint density at radius 1 is 0.600 bits per heavy atom. The maximum absolute atomic E-state index is 0. The first-order chi connectivity index (χ1) is 0. The molecule has 5 heavy (non-hydrogen) atoms. The van der Waals surface area contributed by atoms with Gasteiger partial charge in [-0.3, -0.25) is 0 Å². The third kappa shape index (κ3) is 29.4. The molecule has 0 aromatic carbocycles. The van der Waals surface area contributed by atoms with Crippen LogP contribution in [0, 0.1) is 0 Å². The second kappa shape index (κ2) is 48.5. The van der Waals surface area contributed by atoms with E-state index in [1.165, 1.54) is 0 Å². The average molecular weight is 164 g/mol. The number of rotatable bonds is 0. The van der Waals surface area contributed by atoms with Gasteiger partial charge in [0.05, 0.1) is 0 Å². The van der Waals surface area contributed by atoms with Crippen molar-refractivity contribution in [2.24, 2.45) is 0 Å². The van der Waals surface area contributed by atoms with Crippen molar-refractivity contribution in [3.05, 3.63) is 0 Å². The second-order valence-corrected chi connectivity index (χ2v) is 0. The third-order valence-corrected chi connectivity index (χ3v) is 0. The van der Waals surface area contributed by atoms with Gasteiger partial charge in [0, 0.05) is 0 Å². The standard InChI is InChI=1S/Mg.3O.Zr/q+2;3*-2;+4. The summed E-state index contributed by atoms with van der Waals surface area (Å²) in [7, 11) is 0. The summed E-state index contributed by atoms with van der Waals surface area (Å²) in [5.41, 5.74) is 0. The smallest absolute Gasteiger partial charge is 2.00 e. The Labute approximate surface area is 65.3 Å². The van der Waals surface area contributed by atoms with Gasteiger partial charge in [0.2, 0.25) is 0 Å². The summed E-state index contributed by atoms with van der Waals surface area (Å²) in [6.07, 6.45) is 0. The molecule has 0 aliphatic rings. The van der Waals surface area contributed by atoms with Gasteiger partial charge >= 0.3 is 49.3 Å². The molecule has 0 rings (SSSR count). The molecule has 0 aromatic rings. The molecule has 0 bridgehead atoms. The van der Waals surface area contributed by atoms with Crippen molar-refractivity contribution < 1.29 is 42.6 Å². The van der Waals surface area contributed by atoms with Crippen LogP contribution in [0.15, 0.2) is 0 Å². The van der Waals surface area contributed by atoms with E-state index < -0.39 is 0 Å². The van der Waals surface area contributed by atoms with Gasteiger partial charge in [-0.1, -0.05) is 0 Å². The predicted molar refractivity (Wildman–Crippen MR) is 7.81 cm³/mol. The Kier molecular flexibility index (Phi) is 828. The van der Waals surface area contributed by atoms with E-state index in [-0.39, 0.29) is 65.7 Å². The molecule has 3 nitrogen and oxygen atoms in total. The molecule has 0 saturated heterocycles. The molecular weight excluding hydrogens is 164 g/mol. The van der Waals surface area contributed by atoms with Crippen molar-refractivity contribution in [3.8, 4) is 0 Å². The quantitative estimate of drug-likeness (QED) is 0.421. The van der Waals surface area contributed by atoms with Crippen molar-refractivity contribution in [1.82, 2.24) is 0 Å². The van der Waals surface area contributed by atoms with Crippen LogP contribution >= 0.6 is 0 Å². The van der Waals surface area contributed by atoms with Crippen LogP contribution in [0.5, 0.6) is 0 Å². The molecular formula is MgO3Zr. The molecule has 0 spiro atoms. The average Bonchev–Trinajstić information content (AvgIpc) is 0. The molecule has 0 aliphatic heterocycles. The van der Waals surface area contributed by atoms with Crippen molar-refractivity contribution in [2.75, 3.05) is 0 Å². The fourth-order valence-corrected chi connectivity index (χ4v) is 0. The van der Waals surface area contributed by atoms with Gasteiger partial charge in [0.25, 0.3) is 0 Å². The Morgan fingerprint density at radius 2 is 0.600 bits per heavy atom. The van der Waals surface area contributed by atoms with E-state index in [4.69, 9.17) is 0 Å². The van der Waals surface area contributed by atoms with E-state index in [0.29, 0.717) is 0 Å². The molecule has 0 heterocycles. The van der Waals surface area contributed by atoms with E-state index in [1.807, 2.05) is 0 Å². The van der Waals surface area contributed by atoms with Crippen LogP contribution in [0.2, 0.25) is 0 Å². The van der Waals surface area contributed by atoms with Crippen LogP contribution in [0.25, 0.3) is 0 Å². The van der Waals surface area contributed by atoms with Crippen LogP contribution in [-0.4, -0.2) is 23.1 Å². The summed E-state index contributed by atoms with van der Waals surface area (Å²) < 4.78 is 0. The van der Waals surface area contributed by atoms with E-state index >= 15 is 0 Å². The summed E-state index contributed by atoms with van der Waals surface area (Å²) in [4.78, 5) is 0. The van der Waals surface area contributed by atoms with Gasteiger partial charge in [-0.15, -0.1) is 0 Å². The van der Waals surface area contributed by atoms with Crippen LogP contribution in [-0.2, 0) is 42.6 Å². The Balaban J connectivity index is 0. The summed E-state index contributed by atoms with van der Waals surface area (Å²) in [5, 5.41) is 0. The Bertz CT molecular complexity index is 6.85. The zero-order valence-electron chi connectivity index (χ0n) is 2.43. The SMILES string of the molecule is [Mg+2].[O-2].[O-2].[O-2].[Zr+4]. The monoisotopic (exact) mass is 162 g/mol. The molecule has 0 atom stereocenters. The molecule has 0 aliphatic carbocycles. The summed E-state index contributed by atoms with van der Waals surface area (Å²) in [5.74, 6) is 0. The van der Waals surface area contributed by atoms with Crippen molar-refractivity contribution in [2.45, 2.75) is 0 Å². The molecule has 0 N–H and O–H groups in total. The largest absolute Gasteiger partial charge is 4.00 e. The van der Waals surface area contributed by atoms with Gasteiger partial charge in [-0.05, 0) is 0 Å². The fourth-order valence-electron chi connectivity index (χ4n) is 0. The van der Waals surface area contributed by atoms with Gasteiger partial charge in [-0.25, -0.2) is 0 Å². The van der Waals surface area contributed by atoms with Crippen LogP contribution in [0.1, 0.15) is 0 Å². The van der Waals surface area contributed by atoms with Crippen LogP contribution in [0.4, 0.5) is 0 Å². The summed E-state index contributed by atoms with van der Waals surface area (Å²) in [6, 6.07) is 0. The molecule has 0 radical (unpaired) electrons. The van der Waals surface area contributed by atoms with Crippen molar-refractivity contribution in [1.29, 1.82) is 0 Å². The molecule has 24 valence electrons. The molecule has 0 aromatic heterocycles. The molecule has 0 fully saturated rings. The minimum Gasteiger partial charge on any atom is -2.00 e. The minimum absolute atomic E-state index is 0. The molecule has 0 saturated carbocycles. The van der Waals surface area contributed by atoms with E-state index in [9.17, 15) is 0 Å². The van der Waals surface area contributed by atoms with Gasteiger partial charge in [0.1, 0.15) is 0 Å². The van der Waals surface area contributed by atoms with Gasteiger partial charge < -0.3 is 16.4 Å². The van der Waals surface area contributed by atoms with Gasteiger partial charge in [0.15, 0.2) is 0 Å². The predicted octanol–water partition coefficient (Wildman–Crippen LogP) is -0.740. The zero-order valence-corrected chi connectivity index (χ0v) is 6.30. The maximum atomic E-state index is 0. The van der Waals surface area contributed by atoms with E-state index in [0.717, 1.165) is 0 Å². The first kappa shape index (κ1) is 85.4. The summed E-state index contributed by atoms with van der Waals surface area (Å²) >= 11 is 0. The molecule has 0 amide bonds. The summed E-state index contributed by atoms with van der Waals surface area (Å²) in [6.45, 7) is 0. The first-order valence-corrected chi connectivity index (χ1v) is 0. The van der Waals surface area contributed by atoms with Crippen molar-refractivity contribution in [3.63, 3.8) is 0 Å². The maximum Gasteiger partial charge on any atom is 4.00 e. The Morgan fingerprint density at radius 3 is 0.600 bits per heavy atom. The first-order valence-electron chi connectivity index (χ1n) is 0. The number of hydrogen-bond donors (Lipinski definition) is 0. The topological polar surface area (TPSA) is 85.5 Å². The zero-order chi connectivity index (χ0) is 0. The van der Waals surface area contributed by atoms with E-state index in [2.05, 4.69) is 0 Å². The van der Waals surface area contributed by atoms with Crippen molar-refractivity contribution >= 4 is 23.1 Å². The normalized spacial score (nSPS) is 0. The third-order valence-electron chi connectivity index (χ3n) is 0. The Hall–Kier alpha value is 1.53. The minimum atomic E-state index is 0. The fraction of sp³-hybridized carbons (Fsp3) is 0.